The average molecular weight is 282 g/mol. The highest BCUT2D eigenvalue weighted by atomic mass is 16.5. The minimum absolute atomic E-state index is 0.0167. The molecule has 0 bridgehead atoms. The van der Waals surface area contributed by atoms with Crippen LogP contribution in [0.15, 0.2) is 48.5 Å². The molecule has 4 heteroatoms. The zero-order valence-corrected chi connectivity index (χ0v) is 12.2. The van der Waals surface area contributed by atoms with Gasteiger partial charge in [0.1, 0.15) is 6.10 Å². The highest BCUT2D eigenvalue weighted by molar-refractivity contribution is 5.47. The summed E-state index contributed by atoms with van der Waals surface area (Å²) in [6.45, 7) is 2.65. The monoisotopic (exact) mass is 282 g/mol. The van der Waals surface area contributed by atoms with E-state index in [1.807, 2.05) is 43.3 Å². The highest BCUT2D eigenvalue weighted by Gasteiger charge is 2.08. The summed E-state index contributed by atoms with van der Waals surface area (Å²) >= 11 is 0. The van der Waals surface area contributed by atoms with Gasteiger partial charge in [0.15, 0.2) is 11.5 Å². The second kappa shape index (κ2) is 7.20. The van der Waals surface area contributed by atoms with Gasteiger partial charge in [0.25, 0.3) is 0 Å². The lowest BCUT2D eigenvalue weighted by molar-refractivity contribution is 0.223. The first-order valence-electron chi connectivity index (χ1n) is 6.76. The van der Waals surface area contributed by atoms with Crippen molar-refractivity contribution >= 4 is 5.69 Å². The molecule has 2 aromatic rings. The van der Waals surface area contributed by atoms with Gasteiger partial charge in [0, 0.05) is 5.69 Å². The predicted octanol–water partition coefficient (Wildman–Crippen LogP) is 3.45. The molecule has 4 nitrogen and oxygen atoms in total. The van der Waals surface area contributed by atoms with E-state index >= 15 is 0 Å². The van der Waals surface area contributed by atoms with Gasteiger partial charge in [0.05, 0.1) is 25.3 Å². The van der Waals surface area contributed by atoms with Crippen LogP contribution in [0.4, 0.5) is 5.69 Å². The minimum Gasteiger partial charge on any atom is -0.493 e. The molecule has 0 heterocycles. The molecule has 1 N–H and O–H groups in total. The summed E-state index contributed by atoms with van der Waals surface area (Å²) in [5, 5.41) is 12.0. The second-order valence-corrected chi connectivity index (χ2v) is 4.65. The van der Waals surface area contributed by atoms with Crippen LogP contribution in [0.5, 0.6) is 11.5 Å². The molecule has 2 rings (SSSR count). The number of nitrogens with zero attached hydrogens (tertiary/aromatic N) is 1. The van der Waals surface area contributed by atoms with Gasteiger partial charge in [0.2, 0.25) is 0 Å². The average Bonchev–Trinajstić information content (AvgIpc) is 2.54. The smallest absolute Gasteiger partial charge is 0.161 e. The van der Waals surface area contributed by atoms with Crippen LogP contribution in [0, 0.1) is 11.3 Å². The Morgan fingerprint density at radius 1 is 1.10 bits per heavy atom. The number of rotatable bonds is 6. The Labute approximate surface area is 124 Å². The predicted molar refractivity (Wildman–Crippen MR) is 82.7 cm³/mol. The van der Waals surface area contributed by atoms with Gasteiger partial charge < -0.3 is 14.8 Å². The molecule has 0 aliphatic carbocycles. The summed E-state index contributed by atoms with van der Waals surface area (Å²) in [6, 6.07) is 17.0. The minimum atomic E-state index is -0.0167. The van der Waals surface area contributed by atoms with E-state index in [9.17, 15) is 0 Å². The van der Waals surface area contributed by atoms with Gasteiger partial charge in [-0.3, -0.25) is 0 Å². The van der Waals surface area contributed by atoms with E-state index < -0.39 is 0 Å². The maximum absolute atomic E-state index is 8.76. The first-order chi connectivity index (χ1) is 10.2. The number of benzene rings is 2. The van der Waals surface area contributed by atoms with Gasteiger partial charge in [-0.2, -0.15) is 5.26 Å². The van der Waals surface area contributed by atoms with Crippen LogP contribution >= 0.6 is 0 Å². The quantitative estimate of drug-likeness (QED) is 0.881. The first-order valence-corrected chi connectivity index (χ1v) is 6.76. The lowest BCUT2D eigenvalue weighted by Gasteiger charge is -2.17. The van der Waals surface area contributed by atoms with E-state index in [0.29, 0.717) is 12.1 Å². The van der Waals surface area contributed by atoms with Crippen LogP contribution in [-0.4, -0.2) is 19.8 Å². The highest BCUT2D eigenvalue weighted by Crippen LogP contribution is 2.26. The maximum Gasteiger partial charge on any atom is 0.161 e. The van der Waals surface area contributed by atoms with Crippen LogP contribution < -0.4 is 14.8 Å². The topological polar surface area (TPSA) is 54.3 Å². The maximum atomic E-state index is 8.76. The number of para-hydroxylation sites is 2. The van der Waals surface area contributed by atoms with E-state index in [4.69, 9.17) is 14.7 Å². The van der Waals surface area contributed by atoms with Crippen LogP contribution in [-0.2, 0) is 0 Å². The largest absolute Gasteiger partial charge is 0.493 e. The van der Waals surface area contributed by atoms with Crippen LogP contribution in [0.25, 0.3) is 0 Å². The van der Waals surface area contributed by atoms with E-state index in [2.05, 4.69) is 11.4 Å². The standard InChI is InChI=1S/C17H18N2O2/c1-13(21-17-6-4-3-5-16(17)20-2)12-19-15-9-7-14(11-18)8-10-15/h3-10,13,19H,12H2,1-2H3. The van der Waals surface area contributed by atoms with Gasteiger partial charge in [-0.25, -0.2) is 0 Å². The van der Waals surface area contributed by atoms with Crippen LogP contribution in [0.1, 0.15) is 12.5 Å². The molecule has 0 amide bonds. The third-order valence-electron chi connectivity index (χ3n) is 3.00. The molecule has 0 aromatic heterocycles. The molecular formula is C17H18N2O2. The third kappa shape index (κ3) is 4.15. The van der Waals surface area contributed by atoms with Crippen molar-refractivity contribution in [1.29, 1.82) is 5.26 Å². The summed E-state index contributed by atoms with van der Waals surface area (Å²) < 4.78 is 11.1. The molecule has 108 valence electrons. The number of anilines is 1. The Balaban J connectivity index is 1.89. The molecule has 0 aliphatic rings. The molecule has 0 aliphatic heterocycles. The van der Waals surface area contributed by atoms with E-state index in [-0.39, 0.29) is 6.10 Å². The summed E-state index contributed by atoms with van der Waals surface area (Å²) in [5.74, 6) is 1.46. The number of methoxy groups -OCH3 is 1. The van der Waals surface area contributed by atoms with Crippen molar-refractivity contribution in [2.45, 2.75) is 13.0 Å². The van der Waals surface area contributed by atoms with Crippen molar-refractivity contribution in [3.8, 4) is 17.6 Å². The zero-order chi connectivity index (χ0) is 15.1. The Kier molecular flexibility index (Phi) is 5.05. The van der Waals surface area contributed by atoms with Gasteiger partial charge in [-0.15, -0.1) is 0 Å². The third-order valence-corrected chi connectivity index (χ3v) is 3.00. The fraction of sp³-hybridized carbons (Fsp3) is 0.235. The molecule has 0 radical (unpaired) electrons. The number of nitriles is 1. The van der Waals surface area contributed by atoms with Crippen molar-refractivity contribution < 1.29 is 9.47 Å². The normalized spacial score (nSPS) is 11.3. The second-order valence-electron chi connectivity index (χ2n) is 4.65. The number of nitrogens with one attached hydrogen (secondary N) is 1. The zero-order valence-electron chi connectivity index (χ0n) is 12.2. The number of hydrogen-bond acceptors (Lipinski definition) is 4. The van der Waals surface area contributed by atoms with Gasteiger partial charge >= 0.3 is 0 Å². The molecule has 0 saturated carbocycles. The van der Waals surface area contributed by atoms with Crippen molar-refractivity contribution in [3.05, 3.63) is 54.1 Å². The summed E-state index contributed by atoms with van der Waals surface area (Å²) in [4.78, 5) is 0. The van der Waals surface area contributed by atoms with Crippen molar-refractivity contribution in [1.82, 2.24) is 0 Å². The van der Waals surface area contributed by atoms with Crippen LogP contribution in [0.3, 0.4) is 0 Å². The molecule has 2 aromatic carbocycles. The Bertz CT molecular complexity index is 617. The van der Waals surface area contributed by atoms with Crippen LogP contribution in [0.2, 0.25) is 0 Å². The summed E-state index contributed by atoms with van der Waals surface area (Å²) in [5.41, 5.74) is 1.61. The fourth-order valence-electron chi connectivity index (χ4n) is 1.90. The molecule has 0 fully saturated rings. The van der Waals surface area contributed by atoms with Crippen molar-refractivity contribution in [2.75, 3.05) is 19.0 Å². The lowest BCUT2D eigenvalue weighted by Crippen LogP contribution is -2.22. The Hall–Kier alpha value is -2.67. The van der Waals surface area contributed by atoms with E-state index in [1.165, 1.54) is 0 Å². The Morgan fingerprint density at radius 3 is 2.38 bits per heavy atom. The molecular weight excluding hydrogens is 264 g/mol. The molecule has 21 heavy (non-hydrogen) atoms. The number of hydrogen-bond donors (Lipinski definition) is 1. The van der Waals surface area contributed by atoms with Gasteiger partial charge in [-0.1, -0.05) is 12.1 Å². The summed E-state index contributed by atoms with van der Waals surface area (Å²) in [7, 11) is 1.63. The van der Waals surface area contributed by atoms with Crippen molar-refractivity contribution in [2.24, 2.45) is 0 Å². The first kappa shape index (κ1) is 14.7. The van der Waals surface area contributed by atoms with Crippen molar-refractivity contribution in [3.63, 3.8) is 0 Å². The molecule has 1 unspecified atom stereocenters. The number of ether oxygens (including phenoxy) is 2. The molecule has 0 saturated heterocycles. The molecule has 0 spiro atoms. The van der Waals surface area contributed by atoms with E-state index in [0.717, 1.165) is 17.2 Å². The van der Waals surface area contributed by atoms with Gasteiger partial charge in [-0.05, 0) is 43.3 Å². The molecule has 1 atom stereocenters. The SMILES string of the molecule is COc1ccccc1OC(C)CNc1ccc(C#N)cc1. The summed E-state index contributed by atoms with van der Waals surface area (Å²) in [6.07, 6.45) is -0.0167. The fourth-order valence-corrected chi connectivity index (χ4v) is 1.90. The lowest BCUT2D eigenvalue weighted by atomic mass is 10.2. The van der Waals surface area contributed by atoms with E-state index in [1.54, 1.807) is 19.2 Å². The Morgan fingerprint density at radius 2 is 1.76 bits per heavy atom.